The third-order valence-electron chi connectivity index (χ3n) is 2.87. The molecule has 0 bridgehead atoms. The van der Waals surface area contributed by atoms with E-state index in [-0.39, 0.29) is 5.82 Å². The van der Waals surface area contributed by atoms with Crippen molar-refractivity contribution in [2.75, 3.05) is 6.26 Å². The number of hydrogen-bond acceptors (Lipinski definition) is 3. The van der Waals surface area contributed by atoms with E-state index < -0.39 is 0 Å². The molecule has 0 aromatic heterocycles. The van der Waals surface area contributed by atoms with Crippen molar-refractivity contribution < 1.29 is 9.13 Å². The smallest absolute Gasteiger partial charge is 0.133 e. The molecule has 2 aromatic rings. The predicted molar refractivity (Wildman–Crippen MR) is 77.3 cm³/mol. The Morgan fingerprint density at radius 1 is 1.26 bits per heavy atom. The summed E-state index contributed by atoms with van der Waals surface area (Å²) in [5.74, 6) is 1.11. The number of nitrogens with two attached hydrogens (primary N) is 1. The second kappa shape index (κ2) is 6.08. The van der Waals surface area contributed by atoms with E-state index in [1.807, 2.05) is 24.5 Å². The molecule has 2 nitrogen and oxygen atoms in total. The molecule has 2 rings (SSSR count). The van der Waals surface area contributed by atoms with Crippen molar-refractivity contribution in [3.63, 3.8) is 0 Å². The van der Waals surface area contributed by atoms with Crippen molar-refractivity contribution in [2.45, 2.75) is 18.4 Å². The molecule has 0 unspecified atom stereocenters. The number of rotatable bonds is 4. The largest absolute Gasteiger partial charge is 0.457 e. The third kappa shape index (κ3) is 3.08. The van der Waals surface area contributed by atoms with Gasteiger partial charge in [0.2, 0.25) is 0 Å². The van der Waals surface area contributed by atoms with Gasteiger partial charge in [-0.15, -0.1) is 11.8 Å². The maximum absolute atomic E-state index is 13.2. The fourth-order valence-electron chi connectivity index (χ4n) is 1.84. The molecule has 0 heterocycles. The molecule has 4 heteroatoms. The number of halogens is 1. The van der Waals surface area contributed by atoms with Crippen LogP contribution in [0.4, 0.5) is 4.39 Å². The summed E-state index contributed by atoms with van der Waals surface area (Å²) >= 11 is 1.63. The molecular formula is C15H16FNOS. The highest BCUT2D eigenvalue weighted by molar-refractivity contribution is 7.98. The minimum atomic E-state index is -0.232. The van der Waals surface area contributed by atoms with Crippen molar-refractivity contribution in [1.82, 2.24) is 0 Å². The van der Waals surface area contributed by atoms with E-state index in [4.69, 9.17) is 10.5 Å². The molecule has 0 fully saturated rings. The van der Waals surface area contributed by atoms with E-state index in [9.17, 15) is 4.39 Å². The maximum Gasteiger partial charge on any atom is 0.133 e. The van der Waals surface area contributed by atoms with Gasteiger partial charge in [-0.2, -0.15) is 0 Å². The van der Waals surface area contributed by atoms with Crippen LogP contribution in [0, 0.1) is 12.7 Å². The van der Waals surface area contributed by atoms with E-state index >= 15 is 0 Å². The lowest BCUT2D eigenvalue weighted by Gasteiger charge is -2.13. The Bertz CT molecular complexity index is 586. The molecule has 0 aliphatic carbocycles. The Morgan fingerprint density at radius 3 is 2.68 bits per heavy atom. The van der Waals surface area contributed by atoms with Gasteiger partial charge >= 0.3 is 0 Å². The predicted octanol–water partition coefficient (Wildman–Crippen LogP) is 4.11. The average Bonchev–Trinajstić information content (AvgIpc) is 2.42. The molecule has 0 radical (unpaired) electrons. The van der Waals surface area contributed by atoms with Gasteiger partial charge in [-0.1, -0.05) is 6.07 Å². The van der Waals surface area contributed by atoms with Crippen molar-refractivity contribution in [3.05, 3.63) is 53.3 Å². The molecule has 0 amide bonds. The van der Waals surface area contributed by atoms with Gasteiger partial charge in [0.15, 0.2) is 0 Å². The first-order valence-electron chi connectivity index (χ1n) is 5.95. The average molecular weight is 277 g/mol. The van der Waals surface area contributed by atoms with Gasteiger partial charge in [-0.05, 0) is 49.1 Å². The molecule has 19 heavy (non-hydrogen) atoms. The minimum absolute atomic E-state index is 0.232. The number of benzene rings is 2. The van der Waals surface area contributed by atoms with Gasteiger partial charge in [0, 0.05) is 17.0 Å². The van der Waals surface area contributed by atoms with Crippen LogP contribution in [0.25, 0.3) is 0 Å². The molecule has 0 saturated heterocycles. The minimum Gasteiger partial charge on any atom is -0.457 e. The molecule has 0 aliphatic rings. The van der Waals surface area contributed by atoms with Gasteiger partial charge in [-0.25, -0.2) is 4.39 Å². The zero-order chi connectivity index (χ0) is 13.8. The van der Waals surface area contributed by atoms with Crippen molar-refractivity contribution in [3.8, 4) is 11.5 Å². The monoisotopic (exact) mass is 277 g/mol. The topological polar surface area (TPSA) is 35.2 Å². The third-order valence-corrected chi connectivity index (χ3v) is 3.69. The summed E-state index contributed by atoms with van der Waals surface area (Å²) in [6, 6.07) is 10.5. The number of aryl methyl sites for hydroxylation is 1. The number of hydrogen-bond donors (Lipinski definition) is 1. The molecule has 100 valence electrons. The summed E-state index contributed by atoms with van der Waals surface area (Å²) in [4.78, 5) is 1.10. The molecule has 0 spiro atoms. The zero-order valence-electron chi connectivity index (χ0n) is 10.9. The van der Waals surface area contributed by atoms with E-state index in [0.29, 0.717) is 17.9 Å². The van der Waals surface area contributed by atoms with E-state index in [0.717, 1.165) is 16.2 Å². The molecule has 2 aromatic carbocycles. The highest BCUT2D eigenvalue weighted by Crippen LogP contribution is 2.32. The first-order valence-corrected chi connectivity index (χ1v) is 7.18. The zero-order valence-corrected chi connectivity index (χ0v) is 11.8. The Kier molecular flexibility index (Phi) is 4.45. The van der Waals surface area contributed by atoms with E-state index in [1.165, 1.54) is 6.07 Å². The standard InChI is InChI=1S/C15H16FNOS/c1-10-8-11(6-7-13(10)16)18-14-4-3-5-15(19-2)12(14)9-17/h3-8H,9,17H2,1-2H3. The van der Waals surface area contributed by atoms with Crippen LogP contribution in [0.3, 0.4) is 0 Å². The summed E-state index contributed by atoms with van der Waals surface area (Å²) < 4.78 is 19.0. The van der Waals surface area contributed by atoms with Gasteiger partial charge in [-0.3, -0.25) is 0 Å². The van der Waals surface area contributed by atoms with E-state index in [1.54, 1.807) is 30.8 Å². The lowest BCUT2D eigenvalue weighted by atomic mass is 10.2. The Morgan fingerprint density at radius 2 is 2.05 bits per heavy atom. The summed E-state index contributed by atoms with van der Waals surface area (Å²) in [6.07, 6.45) is 2.00. The van der Waals surface area contributed by atoms with Crippen LogP contribution < -0.4 is 10.5 Å². The van der Waals surface area contributed by atoms with Crippen LogP contribution in [0.1, 0.15) is 11.1 Å². The van der Waals surface area contributed by atoms with E-state index in [2.05, 4.69) is 0 Å². The first kappa shape index (κ1) is 13.9. The normalized spacial score (nSPS) is 10.5. The van der Waals surface area contributed by atoms with Gasteiger partial charge in [0.1, 0.15) is 17.3 Å². The maximum atomic E-state index is 13.2. The summed E-state index contributed by atoms with van der Waals surface area (Å²) in [5, 5.41) is 0. The Hall–Kier alpha value is -1.52. The Labute approximate surface area is 116 Å². The highest BCUT2D eigenvalue weighted by atomic mass is 32.2. The van der Waals surface area contributed by atoms with Crippen molar-refractivity contribution >= 4 is 11.8 Å². The molecule has 0 atom stereocenters. The quantitative estimate of drug-likeness (QED) is 0.854. The summed E-state index contributed by atoms with van der Waals surface area (Å²) in [5.41, 5.74) is 7.31. The highest BCUT2D eigenvalue weighted by Gasteiger charge is 2.09. The number of ether oxygens (including phenoxy) is 1. The van der Waals surface area contributed by atoms with Crippen molar-refractivity contribution in [1.29, 1.82) is 0 Å². The van der Waals surface area contributed by atoms with Crippen LogP contribution in [-0.4, -0.2) is 6.26 Å². The van der Waals surface area contributed by atoms with Gasteiger partial charge < -0.3 is 10.5 Å². The van der Waals surface area contributed by atoms with Gasteiger partial charge in [0.25, 0.3) is 0 Å². The lowest BCUT2D eigenvalue weighted by Crippen LogP contribution is -2.01. The lowest BCUT2D eigenvalue weighted by molar-refractivity contribution is 0.471. The Balaban J connectivity index is 2.35. The molecule has 0 saturated carbocycles. The van der Waals surface area contributed by atoms with Crippen molar-refractivity contribution in [2.24, 2.45) is 5.73 Å². The molecule has 0 aliphatic heterocycles. The fourth-order valence-corrected chi connectivity index (χ4v) is 2.49. The molecular weight excluding hydrogens is 261 g/mol. The van der Waals surface area contributed by atoms with Crippen LogP contribution in [0.5, 0.6) is 11.5 Å². The second-order valence-electron chi connectivity index (χ2n) is 4.15. The fraction of sp³-hybridized carbons (Fsp3) is 0.200. The number of thioether (sulfide) groups is 1. The summed E-state index contributed by atoms with van der Waals surface area (Å²) in [6.45, 7) is 2.12. The summed E-state index contributed by atoms with van der Waals surface area (Å²) in [7, 11) is 0. The van der Waals surface area contributed by atoms with Crippen LogP contribution in [0.15, 0.2) is 41.3 Å². The van der Waals surface area contributed by atoms with Crippen LogP contribution in [0.2, 0.25) is 0 Å². The van der Waals surface area contributed by atoms with Crippen LogP contribution >= 0.6 is 11.8 Å². The SMILES string of the molecule is CSc1cccc(Oc2ccc(F)c(C)c2)c1CN. The first-order chi connectivity index (χ1) is 9.15. The van der Waals surface area contributed by atoms with Crippen LogP contribution in [-0.2, 0) is 6.54 Å². The van der Waals surface area contributed by atoms with Gasteiger partial charge in [0.05, 0.1) is 0 Å². The second-order valence-corrected chi connectivity index (χ2v) is 5.00. The molecule has 2 N–H and O–H groups in total.